The molecule has 10 nitrogen and oxygen atoms in total. The third-order valence-corrected chi connectivity index (χ3v) is 6.75. The zero-order valence-corrected chi connectivity index (χ0v) is 19.3. The first-order chi connectivity index (χ1) is 16.7. The van der Waals surface area contributed by atoms with Crippen LogP contribution in [0.3, 0.4) is 0 Å². The lowest BCUT2D eigenvalue weighted by Crippen LogP contribution is -2.46. The quantitative estimate of drug-likeness (QED) is 0.414. The maximum absolute atomic E-state index is 5.42. The lowest BCUT2D eigenvalue weighted by molar-refractivity contribution is 0.414. The van der Waals surface area contributed by atoms with Crippen molar-refractivity contribution in [2.45, 2.75) is 38.3 Å². The predicted octanol–water partition coefficient (Wildman–Crippen LogP) is 2.64. The molecule has 0 radical (unpaired) electrons. The molecule has 1 aliphatic carbocycles. The lowest BCUT2D eigenvalue weighted by Gasteiger charge is -2.33. The molecular formula is C24H29N9O. The van der Waals surface area contributed by atoms with Gasteiger partial charge in [0.05, 0.1) is 37.3 Å². The predicted molar refractivity (Wildman–Crippen MR) is 129 cm³/mol. The summed E-state index contributed by atoms with van der Waals surface area (Å²) in [5, 5.41) is 29.5. The van der Waals surface area contributed by atoms with Crippen molar-refractivity contribution in [3.8, 4) is 17.0 Å². The molecule has 1 atom stereocenters. The first-order valence-electron chi connectivity index (χ1n) is 12.0. The van der Waals surface area contributed by atoms with Gasteiger partial charge in [-0.1, -0.05) is 5.21 Å². The highest BCUT2D eigenvalue weighted by Crippen LogP contribution is 2.31. The van der Waals surface area contributed by atoms with Crippen LogP contribution in [0.2, 0.25) is 0 Å². The van der Waals surface area contributed by atoms with Gasteiger partial charge in [-0.25, -0.2) is 4.68 Å². The second-order valence-electron chi connectivity index (χ2n) is 9.33. The normalized spacial score (nSPS) is 18.5. The number of hydrogen-bond acceptors (Lipinski definition) is 8. The van der Waals surface area contributed by atoms with E-state index in [1.54, 1.807) is 18.0 Å². The summed E-state index contributed by atoms with van der Waals surface area (Å²) >= 11 is 0. The molecule has 4 aromatic rings. The maximum Gasteiger partial charge on any atom is 0.151 e. The van der Waals surface area contributed by atoms with E-state index >= 15 is 0 Å². The van der Waals surface area contributed by atoms with Crippen LogP contribution in [0.5, 0.6) is 5.75 Å². The standard InChI is InChI=1S/C24H29N9O/c1-34-19-9-20(21-12-26-28-22(21)10-19)23-15-33(31-29-23)14-18-6-7-24(30-27-18)32-8-2-3-17(13-32)25-11-16-4-5-16/h6-7,9-10,12,15-17,25H,2-5,8,11,13-14H2,1H3,(H,26,28). The number of nitrogens with one attached hydrogen (secondary N) is 2. The summed E-state index contributed by atoms with van der Waals surface area (Å²) < 4.78 is 7.20. The van der Waals surface area contributed by atoms with Crippen LogP contribution in [0.4, 0.5) is 5.82 Å². The van der Waals surface area contributed by atoms with Gasteiger partial charge in [0.2, 0.25) is 0 Å². The second-order valence-corrected chi connectivity index (χ2v) is 9.33. The van der Waals surface area contributed by atoms with E-state index in [0.717, 1.165) is 65.0 Å². The van der Waals surface area contributed by atoms with E-state index < -0.39 is 0 Å². The van der Waals surface area contributed by atoms with E-state index in [4.69, 9.17) is 4.74 Å². The fraction of sp³-hybridized carbons (Fsp3) is 0.458. The Kier molecular flexibility index (Phi) is 5.58. The average molecular weight is 460 g/mol. The molecule has 1 saturated heterocycles. The summed E-state index contributed by atoms with van der Waals surface area (Å²) in [5.74, 6) is 2.59. The maximum atomic E-state index is 5.42. The number of nitrogens with zero attached hydrogens (tertiary/aromatic N) is 7. The van der Waals surface area contributed by atoms with Crippen molar-refractivity contribution < 1.29 is 4.74 Å². The van der Waals surface area contributed by atoms with E-state index in [9.17, 15) is 0 Å². The van der Waals surface area contributed by atoms with Gasteiger partial charge in [0.25, 0.3) is 0 Å². The number of aromatic amines is 1. The largest absolute Gasteiger partial charge is 0.497 e. The third-order valence-electron chi connectivity index (χ3n) is 6.75. The van der Waals surface area contributed by atoms with E-state index in [1.165, 1.54) is 25.7 Å². The Bertz CT molecular complexity index is 1260. The number of methoxy groups -OCH3 is 1. The van der Waals surface area contributed by atoms with E-state index in [1.807, 2.05) is 24.4 Å². The van der Waals surface area contributed by atoms with E-state index in [-0.39, 0.29) is 0 Å². The monoisotopic (exact) mass is 459 g/mol. The molecule has 3 aromatic heterocycles. The van der Waals surface area contributed by atoms with Crippen LogP contribution in [-0.2, 0) is 6.54 Å². The van der Waals surface area contributed by atoms with Gasteiger partial charge in [-0.3, -0.25) is 5.10 Å². The number of ether oxygens (including phenoxy) is 1. The number of fused-ring (bicyclic) bond motifs is 1. The highest BCUT2D eigenvalue weighted by Gasteiger charge is 2.25. The van der Waals surface area contributed by atoms with Crippen LogP contribution >= 0.6 is 0 Å². The minimum Gasteiger partial charge on any atom is -0.497 e. The Morgan fingerprint density at radius 2 is 2.09 bits per heavy atom. The van der Waals surface area contributed by atoms with Gasteiger partial charge in [-0.05, 0) is 56.3 Å². The van der Waals surface area contributed by atoms with Crippen LogP contribution in [0, 0.1) is 5.92 Å². The average Bonchev–Trinajstić information content (AvgIpc) is 3.38. The first kappa shape index (κ1) is 21.0. The number of H-pyrrole nitrogens is 1. The molecule has 0 spiro atoms. The molecule has 2 fully saturated rings. The Morgan fingerprint density at radius 1 is 1.15 bits per heavy atom. The lowest BCUT2D eigenvalue weighted by atomic mass is 10.1. The first-order valence-corrected chi connectivity index (χ1v) is 12.0. The van der Waals surface area contributed by atoms with Crippen LogP contribution in [0.25, 0.3) is 22.2 Å². The fourth-order valence-electron chi connectivity index (χ4n) is 4.63. The second kappa shape index (κ2) is 9.02. The summed E-state index contributed by atoms with van der Waals surface area (Å²) in [7, 11) is 1.65. The van der Waals surface area contributed by atoms with Gasteiger partial charge in [0.1, 0.15) is 11.4 Å². The van der Waals surface area contributed by atoms with Crippen LogP contribution in [0.1, 0.15) is 31.4 Å². The summed E-state index contributed by atoms with van der Waals surface area (Å²) in [6.07, 6.45) is 8.90. The summed E-state index contributed by atoms with van der Waals surface area (Å²) in [5.41, 5.74) is 3.42. The zero-order chi connectivity index (χ0) is 22.9. The highest BCUT2D eigenvalue weighted by molar-refractivity contribution is 5.94. The molecule has 1 aliphatic heterocycles. The van der Waals surface area contributed by atoms with Gasteiger partial charge >= 0.3 is 0 Å². The van der Waals surface area contributed by atoms with Crippen molar-refractivity contribution in [2.24, 2.45) is 5.92 Å². The fourth-order valence-corrected chi connectivity index (χ4v) is 4.63. The van der Waals surface area contributed by atoms with Crippen LogP contribution in [0.15, 0.2) is 36.7 Å². The minimum absolute atomic E-state index is 0.504. The van der Waals surface area contributed by atoms with Gasteiger partial charge in [0, 0.05) is 36.1 Å². The number of aromatic nitrogens is 7. The topological polar surface area (TPSA) is 110 Å². The molecule has 2 aliphatic rings. The number of rotatable bonds is 8. The van der Waals surface area contributed by atoms with Gasteiger partial charge in [-0.2, -0.15) is 10.2 Å². The molecule has 10 heteroatoms. The van der Waals surface area contributed by atoms with E-state index in [0.29, 0.717) is 12.6 Å². The Hall–Kier alpha value is -3.53. The van der Waals surface area contributed by atoms with Crippen molar-refractivity contribution in [2.75, 3.05) is 31.6 Å². The smallest absolute Gasteiger partial charge is 0.151 e. The van der Waals surface area contributed by atoms with Gasteiger partial charge < -0.3 is 15.0 Å². The SMILES string of the molecule is COc1cc(-c2cn(Cc3ccc(N4CCCC(NCC5CC5)C4)nn3)nn2)c2cn[nH]c2c1. The molecule has 2 N–H and O–H groups in total. The van der Waals surface area contributed by atoms with Gasteiger partial charge in [0.15, 0.2) is 5.82 Å². The third kappa shape index (κ3) is 4.45. The number of anilines is 1. The summed E-state index contributed by atoms with van der Waals surface area (Å²) in [6.45, 7) is 3.69. The highest BCUT2D eigenvalue weighted by atomic mass is 16.5. The molecule has 6 rings (SSSR count). The molecule has 176 valence electrons. The zero-order valence-electron chi connectivity index (χ0n) is 19.3. The molecule has 1 unspecified atom stereocenters. The van der Waals surface area contributed by atoms with Crippen molar-refractivity contribution in [1.29, 1.82) is 0 Å². The molecule has 34 heavy (non-hydrogen) atoms. The molecule has 4 heterocycles. The van der Waals surface area contributed by atoms with Crippen molar-refractivity contribution in [3.63, 3.8) is 0 Å². The van der Waals surface area contributed by atoms with Crippen molar-refractivity contribution >= 4 is 16.7 Å². The summed E-state index contributed by atoms with van der Waals surface area (Å²) in [6, 6.07) is 8.51. The van der Waals surface area contributed by atoms with Crippen LogP contribution in [-0.4, -0.2) is 68.2 Å². The summed E-state index contributed by atoms with van der Waals surface area (Å²) in [4.78, 5) is 2.34. The molecular weight excluding hydrogens is 430 g/mol. The van der Waals surface area contributed by atoms with Crippen molar-refractivity contribution in [1.82, 2.24) is 40.7 Å². The molecule has 0 bridgehead atoms. The van der Waals surface area contributed by atoms with Gasteiger partial charge in [-0.15, -0.1) is 10.2 Å². The number of benzene rings is 1. The van der Waals surface area contributed by atoms with Crippen LogP contribution < -0.4 is 15.0 Å². The molecule has 1 aromatic carbocycles. The van der Waals surface area contributed by atoms with Crippen molar-refractivity contribution in [3.05, 3.63) is 42.4 Å². The Balaban J connectivity index is 1.13. The Morgan fingerprint density at radius 3 is 2.91 bits per heavy atom. The molecule has 0 amide bonds. The number of piperidine rings is 1. The van der Waals surface area contributed by atoms with E-state index in [2.05, 4.69) is 47.0 Å². The number of hydrogen-bond donors (Lipinski definition) is 2. The minimum atomic E-state index is 0.504. The Labute approximate surface area is 197 Å². The molecule has 1 saturated carbocycles.